The summed E-state index contributed by atoms with van der Waals surface area (Å²) in [6.45, 7) is 5.93. The number of pyridine rings is 1. The van der Waals surface area contributed by atoms with Crippen LogP contribution in [0.2, 0.25) is 5.02 Å². The van der Waals surface area contributed by atoms with Gasteiger partial charge in [-0.05, 0) is 60.5 Å². The first-order chi connectivity index (χ1) is 21.3. The highest BCUT2D eigenvalue weighted by Gasteiger charge is 2.35. The van der Waals surface area contributed by atoms with E-state index in [0.717, 1.165) is 27.4 Å². The van der Waals surface area contributed by atoms with Crippen molar-refractivity contribution in [3.63, 3.8) is 0 Å². The first-order valence-corrected chi connectivity index (χ1v) is 16.2. The van der Waals surface area contributed by atoms with E-state index in [1.54, 1.807) is 34.7 Å². The van der Waals surface area contributed by atoms with Crippen LogP contribution in [-0.4, -0.2) is 89.0 Å². The Morgan fingerprint density at radius 1 is 1.09 bits per heavy atom. The predicted molar refractivity (Wildman–Crippen MR) is 173 cm³/mol. The number of hydrogen-bond acceptors (Lipinski definition) is 7. The number of likely N-dealkylation sites (tertiary alicyclic amines) is 1. The summed E-state index contributed by atoms with van der Waals surface area (Å²) < 4.78 is 0. The summed E-state index contributed by atoms with van der Waals surface area (Å²) in [5.74, 6) is -0.120. The summed E-state index contributed by atoms with van der Waals surface area (Å²) >= 11 is 8.02. The second kappa shape index (κ2) is 12.9. The molecule has 1 aromatic carbocycles. The SMILES string of the molecule is Cc1cc(C[C@@H](NC(=O)N2CCC(N3Cc4sccc4NC3=O)CC2)C(=O)N2CCN(c3ccncc3)CC2)cc(Cl)c1N. The van der Waals surface area contributed by atoms with Gasteiger partial charge in [0.25, 0.3) is 0 Å². The minimum atomic E-state index is -0.767. The summed E-state index contributed by atoms with van der Waals surface area (Å²) in [6, 6.07) is 8.46. The number of piperazine rings is 1. The van der Waals surface area contributed by atoms with Crippen LogP contribution < -0.4 is 21.3 Å². The van der Waals surface area contributed by atoms with Gasteiger partial charge in [0.1, 0.15) is 6.04 Å². The van der Waals surface area contributed by atoms with Crippen LogP contribution in [0.25, 0.3) is 0 Å². The smallest absolute Gasteiger partial charge is 0.322 e. The number of nitrogens with one attached hydrogen (secondary N) is 2. The maximum absolute atomic E-state index is 13.9. The van der Waals surface area contributed by atoms with E-state index in [1.165, 1.54) is 0 Å². The molecule has 3 aromatic rings. The van der Waals surface area contributed by atoms with Crippen LogP contribution in [0.1, 0.15) is 28.8 Å². The molecule has 0 unspecified atom stereocenters. The third-order valence-electron chi connectivity index (χ3n) is 8.81. The molecule has 232 valence electrons. The molecule has 0 spiro atoms. The molecular formula is C31H37ClN8O3S. The monoisotopic (exact) mass is 636 g/mol. The molecular weight excluding hydrogens is 600 g/mol. The minimum absolute atomic E-state index is 0.0447. The molecule has 13 heteroatoms. The van der Waals surface area contributed by atoms with Crippen LogP contribution in [0.4, 0.5) is 26.7 Å². The Bertz CT molecular complexity index is 1500. The van der Waals surface area contributed by atoms with Crippen LogP contribution in [0.15, 0.2) is 48.1 Å². The van der Waals surface area contributed by atoms with Gasteiger partial charge in [-0.3, -0.25) is 9.78 Å². The van der Waals surface area contributed by atoms with E-state index in [4.69, 9.17) is 17.3 Å². The number of carbonyl (C=O) groups excluding carboxylic acids is 3. The van der Waals surface area contributed by atoms with Crippen molar-refractivity contribution in [1.82, 2.24) is 25.0 Å². The third-order valence-corrected chi connectivity index (χ3v) is 10.0. The second-order valence-corrected chi connectivity index (χ2v) is 13.0. The molecule has 0 aliphatic carbocycles. The lowest BCUT2D eigenvalue weighted by atomic mass is 10.0. The van der Waals surface area contributed by atoms with Gasteiger partial charge in [0, 0.05) is 74.7 Å². The lowest BCUT2D eigenvalue weighted by Crippen LogP contribution is -2.58. The molecule has 0 radical (unpaired) electrons. The normalized spacial score (nSPS) is 18.1. The minimum Gasteiger partial charge on any atom is -0.397 e. The number of halogens is 1. The van der Waals surface area contributed by atoms with Crippen LogP contribution in [0.5, 0.6) is 0 Å². The maximum Gasteiger partial charge on any atom is 0.322 e. The Morgan fingerprint density at radius 3 is 2.52 bits per heavy atom. The lowest BCUT2D eigenvalue weighted by Gasteiger charge is -2.40. The third kappa shape index (κ3) is 6.41. The molecule has 2 aromatic heterocycles. The van der Waals surface area contributed by atoms with Gasteiger partial charge in [-0.15, -0.1) is 11.3 Å². The standard InChI is InChI=1S/C31H37ClN8O3S/c1-20-16-21(17-24(32)28(20)33)18-26(29(41)38-13-11-37(12-14-38)22-2-7-34-8-3-22)36-30(42)39-9-4-23(5-10-39)40-19-27-25(6-15-44-27)35-31(40)43/h2-3,6-8,15-17,23,26H,4-5,9-14,18-19,33H2,1H3,(H,35,43)(H,36,42)/t26-/m1/s1. The number of aromatic nitrogens is 1. The molecule has 0 bridgehead atoms. The number of anilines is 3. The number of piperidine rings is 1. The van der Waals surface area contributed by atoms with Crippen molar-refractivity contribution in [1.29, 1.82) is 0 Å². The van der Waals surface area contributed by atoms with Crippen molar-refractivity contribution in [2.75, 3.05) is 55.2 Å². The molecule has 5 heterocycles. The van der Waals surface area contributed by atoms with Gasteiger partial charge in [0.05, 0.1) is 22.9 Å². The van der Waals surface area contributed by atoms with Crippen LogP contribution in [-0.2, 0) is 17.8 Å². The number of benzene rings is 1. The summed E-state index contributed by atoms with van der Waals surface area (Å²) in [7, 11) is 0. The van der Waals surface area contributed by atoms with Crippen molar-refractivity contribution in [2.24, 2.45) is 0 Å². The van der Waals surface area contributed by atoms with Crippen molar-refractivity contribution < 1.29 is 14.4 Å². The molecule has 44 heavy (non-hydrogen) atoms. The number of urea groups is 2. The van der Waals surface area contributed by atoms with Crippen molar-refractivity contribution in [3.8, 4) is 0 Å². The van der Waals surface area contributed by atoms with Gasteiger partial charge in [-0.25, -0.2) is 9.59 Å². The largest absolute Gasteiger partial charge is 0.397 e. The van der Waals surface area contributed by atoms with E-state index in [-0.39, 0.29) is 24.0 Å². The molecule has 2 fully saturated rings. The van der Waals surface area contributed by atoms with Gasteiger partial charge in [0.15, 0.2) is 0 Å². The molecule has 11 nitrogen and oxygen atoms in total. The number of thiophene rings is 1. The Labute approximate surface area is 265 Å². The highest BCUT2D eigenvalue weighted by Crippen LogP contribution is 2.31. The number of fused-ring (bicyclic) bond motifs is 1. The Balaban J connectivity index is 1.11. The molecule has 6 rings (SSSR count). The number of nitrogen functional groups attached to an aromatic ring is 1. The molecule has 3 aliphatic heterocycles. The lowest BCUT2D eigenvalue weighted by molar-refractivity contribution is -0.133. The summed E-state index contributed by atoms with van der Waals surface area (Å²) in [5, 5.41) is 8.44. The van der Waals surface area contributed by atoms with Gasteiger partial charge in [-0.2, -0.15) is 0 Å². The number of nitrogens with zero attached hydrogens (tertiary/aromatic N) is 5. The quantitative estimate of drug-likeness (QED) is 0.349. The number of rotatable bonds is 6. The number of aryl methyl sites for hydroxylation is 1. The second-order valence-electron chi connectivity index (χ2n) is 11.6. The van der Waals surface area contributed by atoms with E-state index in [9.17, 15) is 14.4 Å². The molecule has 1 atom stereocenters. The Morgan fingerprint density at radius 2 is 1.82 bits per heavy atom. The fourth-order valence-electron chi connectivity index (χ4n) is 6.24. The first-order valence-electron chi connectivity index (χ1n) is 14.9. The topological polar surface area (TPSA) is 127 Å². The van der Waals surface area contributed by atoms with E-state index < -0.39 is 6.04 Å². The zero-order valence-corrected chi connectivity index (χ0v) is 26.2. The van der Waals surface area contributed by atoms with Crippen LogP contribution in [0, 0.1) is 6.92 Å². The number of nitrogens with two attached hydrogens (primary N) is 1. The van der Waals surface area contributed by atoms with Crippen molar-refractivity contribution >= 4 is 58.0 Å². The molecule has 5 amide bonds. The molecule has 0 saturated carbocycles. The summed E-state index contributed by atoms with van der Waals surface area (Å²) in [5.41, 5.74) is 10.2. The van der Waals surface area contributed by atoms with Gasteiger partial charge in [0.2, 0.25) is 5.91 Å². The van der Waals surface area contributed by atoms with Gasteiger partial charge in [-0.1, -0.05) is 17.7 Å². The molecule has 4 N–H and O–H groups in total. The zero-order valence-electron chi connectivity index (χ0n) is 24.7. The van der Waals surface area contributed by atoms with Crippen LogP contribution in [0.3, 0.4) is 0 Å². The van der Waals surface area contributed by atoms with E-state index in [1.807, 2.05) is 46.4 Å². The van der Waals surface area contributed by atoms with E-state index in [0.29, 0.717) is 75.8 Å². The average Bonchev–Trinajstić information content (AvgIpc) is 3.50. The average molecular weight is 637 g/mol. The molecule has 2 saturated heterocycles. The zero-order chi connectivity index (χ0) is 30.8. The van der Waals surface area contributed by atoms with Crippen molar-refractivity contribution in [3.05, 3.63) is 69.1 Å². The van der Waals surface area contributed by atoms with Crippen LogP contribution >= 0.6 is 22.9 Å². The van der Waals surface area contributed by atoms with Gasteiger partial charge >= 0.3 is 12.1 Å². The highest BCUT2D eigenvalue weighted by atomic mass is 35.5. The first kappa shape index (κ1) is 30.0. The van der Waals surface area contributed by atoms with Gasteiger partial charge < -0.3 is 36.0 Å². The Kier molecular flexibility index (Phi) is 8.81. The number of amides is 5. The van der Waals surface area contributed by atoms with E-state index in [2.05, 4.69) is 20.5 Å². The molecule has 3 aliphatic rings. The fraction of sp³-hybridized carbons (Fsp3) is 0.419. The highest BCUT2D eigenvalue weighted by molar-refractivity contribution is 7.10. The maximum atomic E-state index is 13.9. The number of hydrogen-bond donors (Lipinski definition) is 3. The van der Waals surface area contributed by atoms with Crippen molar-refractivity contribution in [2.45, 2.75) is 44.8 Å². The summed E-state index contributed by atoms with van der Waals surface area (Å²) in [4.78, 5) is 53.2. The van der Waals surface area contributed by atoms with E-state index >= 15 is 0 Å². The fourth-order valence-corrected chi connectivity index (χ4v) is 7.36. The predicted octanol–water partition coefficient (Wildman–Crippen LogP) is 4.17. The number of carbonyl (C=O) groups is 3. The Hall–Kier alpha value is -4.03. The summed E-state index contributed by atoms with van der Waals surface area (Å²) in [6.07, 6.45) is 5.17.